The van der Waals surface area contributed by atoms with Crippen LogP contribution >= 0.6 is 0 Å². The second kappa shape index (κ2) is 40.3. The van der Waals surface area contributed by atoms with Gasteiger partial charge >= 0.3 is 11.9 Å². The van der Waals surface area contributed by atoms with E-state index in [9.17, 15) is 19.2 Å². The van der Waals surface area contributed by atoms with Crippen molar-refractivity contribution in [3.8, 4) is 23.0 Å². The van der Waals surface area contributed by atoms with Crippen LogP contribution in [0.25, 0.3) is 12.2 Å². The Hall–Kier alpha value is -6.80. The first-order valence-corrected chi connectivity index (χ1v) is 24.7. The lowest BCUT2D eigenvalue weighted by Crippen LogP contribution is -2.07. The maximum Gasteiger partial charge on any atom is 0.336 e. The van der Waals surface area contributed by atoms with E-state index in [0.29, 0.717) is 22.6 Å². The summed E-state index contributed by atoms with van der Waals surface area (Å²) in [6, 6.07) is 9.98. The molecule has 0 saturated heterocycles. The lowest BCUT2D eigenvalue weighted by molar-refractivity contribution is -0.130. The molecule has 0 bridgehead atoms. The first-order chi connectivity index (χ1) is 33.8. The number of carbonyl (C=O) groups excluding carboxylic acids is 4. The third-order valence-corrected chi connectivity index (χ3v) is 10.4. The van der Waals surface area contributed by atoms with E-state index in [0.717, 1.165) is 12.8 Å². The van der Waals surface area contributed by atoms with Crippen LogP contribution in [0.2, 0.25) is 0 Å². The van der Waals surface area contributed by atoms with Gasteiger partial charge in [-0.3, -0.25) is 9.59 Å². The van der Waals surface area contributed by atoms with Gasteiger partial charge in [0.25, 0.3) is 0 Å². The van der Waals surface area contributed by atoms with Crippen LogP contribution in [-0.2, 0) is 19.2 Å². The highest BCUT2D eigenvalue weighted by molar-refractivity contribution is 6.11. The van der Waals surface area contributed by atoms with Crippen molar-refractivity contribution in [2.24, 2.45) is 0 Å². The second-order valence-corrected chi connectivity index (χ2v) is 16.1. The van der Waals surface area contributed by atoms with E-state index in [-0.39, 0.29) is 11.5 Å². The molecule has 0 aromatic heterocycles. The number of carbonyl (C=O) groups is 4. The number of ether oxygens (including phenoxy) is 4. The van der Waals surface area contributed by atoms with E-state index in [2.05, 4.69) is 38.2 Å². The van der Waals surface area contributed by atoms with Gasteiger partial charge in [0.1, 0.15) is 0 Å². The Bertz CT molecular complexity index is 2030. The van der Waals surface area contributed by atoms with Crippen LogP contribution in [0.1, 0.15) is 134 Å². The zero-order chi connectivity index (χ0) is 49.8. The van der Waals surface area contributed by atoms with Crippen molar-refractivity contribution in [2.45, 2.75) is 123 Å². The van der Waals surface area contributed by atoms with Gasteiger partial charge < -0.3 is 18.9 Å². The quantitative estimate of drug-likeness (QED) is 0.0166. The van der Waals surface area contributed by atoms with Crippen LogP contribution in [0, 0.1) is 0 Å². The number of para-hydroxylation sites is 2. The van der Waals surface area contributed by atoms with Crippen LogP contribution in [0.4, 0.5) is 0 Å². The van der Waals surface area contributed by atoms with Gasteiger partial charge in [-0.25, -0.2) is 9.59 Å². The molecule has 0 fully saturated rings. The molecular formula is C61H76O8. The molecule has 0 saturated carbocycles. The van der Waals surface area contributed by atoms with Crippen molar-refractivity contribution in [3.63, 3.8) is 0 Å². The zero-order valence-electron chi connectivity index (χ0n) is 41.6. The number of allylic oxidation sites excluding steroid dienone is 20. The van der Waals surface area contributed by atoms with E-state index in [1.54, 1.807) is 72.9 Å². The minimum Gasteiger partial charge on any atom is -0.493 e. The minimum atomic E-state index is -0.639. The van der Waals surface area contributed by atoms with Gasteiger partial charge in [0, 0.05) is 23.3 Å². The van der Waals surface area contributed by atoms with Crippen molar-refractivity contribution in [1.82, 2.24) is 0 Å². The van der Waals surface area contributed by atoms with Gasteiger partial charge in [-0.05, 0) is 62.1 Å². The second-order valence-electron chi connectivity index (χ2n) is 16.1. The maximum absolute atomic E-state index is 12.9. The molecule has 2 aromatic rings. The molecule has 0 heterocycles. The number of benzene rings is 2. The lowest BCUT2D eigenvalue weighted by Gasteiger charge is -2.11. The highest BCUT2D eigenvalue weighted by Gasteiger charge is 2.15. The summed E-state index contributed by atoms with van der Waals surface area (Å²) in [5, 5.41) is 0. The number of esters is 2. The molecule has 0 N–H and O–H groups in total. The van der Waals surface area contributed by atoms with E-state index in [1.165, 1.54) is 141 Å². The normalized spacial score (nSPS) is 12.6. The number of methoxy groups -OCH3 is 2. The Labute approximate surface area is 413 Å². The van der Waals surface area contributed by atoms with Crippen molar-refractivity contribution in [1.29, 1.82) is 0 Å². The summed E-state index contributed by atoms with van der Waals surface area (Å²) in [5.74, 6) is -1.40. The summed E-state index contributed by atoms with van der Waals surface area (Å²) in [6.45, 7) is 4.48. The lowest BCUT2D eigenvalue weighted by atomic mass is 10.1. The number of unbranched alkanes of at least 4 members (excludes halogenated alkanes) is 14. The first-order valence-electron chi connectivity index (χ1n) is 24.7. The SMILES string of the molecule is CCCCCCCCC/C=C/C=C/C=C\C=C\C=C\C(=O)Oc1c(/C=C\C(=O)CC(=O)/C=C/c2cccc(OC)c2OC(=O)/C=C/C=C/C=C/C=C/C=C/CCCCCCCCC)cccc1OC. The van der Waals surface area contributed by atoms with Gasteiger partial charge in [-0.2, -0.15) is 0 Å². The number of rotatable bonds is 36. The zero-order valence-corrected chi connectivity index (χ0v) is 41.6. The van der Waals surface area contributed by atoms with Crippen LogP contribution in [0.3, 0.4) is 0 Å². The largest absolute Gasteiger partial charge is 0.493 e. The summed E-state index contributed by atoms with van der Waals surface area (Å²) >= 11 is 0. The molecule has 368 valence electrons. The average molecular weight is 937 g/mol. The molecule has 0 aliphatic rings. The van der Waals surface area contributed by atoms with Gasteiger partial charge in [-0.15, -0.1) is 0 Å². The monoisotopic (exact) mass is 937 g/mol. The van der Waals surface area contributed by atoms with E-state index in [1.807, 2.05) is 48.6 Å². The van der Waals surface area contributed by atoms with Gasteiger partial charge in [0.2, 0.25) is 0 Å². The fourth-order valence-electron chi connectivity index (χ4n) is 6.62. The highest BCUT2D eigenvalue weighted by Crippen LogP contribution is 2.33. The maximum atomic E-state index is 12.9. The Morgan fingerprint density at radius 1 is 0.406 bits per heavy atom. The average Bonchev–Trinajstić information content (AvgIpc) is 3.35. The van der Waals surface area contributed by atoms with Crippen LogP contribution in [0.5, 0.6) is 23.0 Å². The van der Waals surface area contributed by atoms with Crippen LogP contribution in [-0.4, -0.2) is 37.7 Å². The van der Waals surface area contributed by atoms with Crippen molar-refractivity contribution in [3.05, 3.63) is 181 Å². The molecule has 0 amide bonds. The number of hydrogen-bond donors (Lipinski definition) is 0. The molecule has 8 heteroatoms. The Balaban J connectivity index is 1.88. The summed E-state index contributed by atoms with van der Waals surface area (Å²) in [7, 11) is 2.89. The van der Waals surface area contributed by atoms with E-state index >= 15 is 0 Å². The van der Waals surface area contributed by atoms with Crippen LogP contribution < -0.4 is 18.9 Å². The first kappa shape index (κ1) is 58.3. The Morgan fingerprint density at radius 3 is 1.10 bits per heavy atom. The predicted molar refractivity (Wildman–Crippen MR) is 287 cm³/mol. The molecule has 0 aliphatic heterocycles. The highest BCUT2D eigenvalue weighted by atomic mass is 16.6. The van der Waals surface area contributed by atoms with Gasteiger partial charge in [-0.1, -0.05) is 225 Å². The van der Waals surface area contributed by atoms with Gasteiger partial charge in [0.05, 0.1) is 20.6 Å². The van der Waals surface area contributed by atoms with E-state index < -0.39 is 29.9 Å². The van der Waals surface area contributed by atoms with E-state index in [4.69, 9.17) is 18.9 Å². The predicted octanol–water partition coefficient (Wildman–Crippen LogP) is 15.6. The summed E-state index contributed by atoms with van der Waals surface area (Å²) in [6.07, 6.45) is 62.1. The molecule has 8 nitrogen and oxygen atoms in total. The van der Waals surface area contributed by atoms with Crippen molar-refractivity contribution >= 4 is 35.7 Å². The summed E-state index contributed by atoms with van der Waals surface area (Å²) in [5.41, 5.74) is 0.810. The molecule has 2 aromatic carbocycles. The van der Waals surface area contributed by atoms with Crippen molar-refractivity contribution in [2.75, 3.05) is 14.2 Å². The topological polar surface area (TPSA) is 105 Å². The summed E-state index contributed by atoms with van der Waals surface area (Å²) < 4.78 is 22.0. The Morgan fingerprint density at radius 2 is 0.739 bits per heavy atom. The molecule has 2 rings (SSSR count). The standard InChI is InChI=1S/C61H76O8/c1-5-7-9-11-13-15-17-19-21-23-25-27-29-31-33-35-37-45-58(64)68-60-52(41-39-43-56(60)66-3)47-49-54(62)51-55(63)50-48-53-42-40-44-57(67-4)61(53)69-59(65)46-38-36-34-32-30-28-26-24-22-20-18-16-14-12-10-8-6-2/h21-50H,5-20,51H2,1-4H3/b23-21+,24-22+,27-25+,28-26+,31-29-,32-30+,35-33+,36-34+,45-37+,46-38+,49-47-,50-48+. The number of ketones is 2. The molecule has 69 heavy (non-hydrogen) atoms. The molecular weight excluding hydrogens is 861 g/mol. The van der Waals surface area contributed by atoms with Crippen LogP contribution in [0.15, 0.2) is 170 Å². The molecule has 0 atom stereocenters. The summed E-state index contributed by atoms with van der Waals surface area (Å²) in [4.78, 5) is 51.2. The molecule has 0 radical (unpaired) electrons. The minimum absolute atomic E-state index is 0.127. The number of hydrogen-bond acceptors (Lipinski definition) is 8. The smallest absolute Gasteiger partial charge is 0.336 e. The van der Waals surface area contributed by atoms with Gasteiger partial charge in [0.15, 0.2) is 34.6 Å². The Kier molecular flexibility index (Phi) is 34.1. The fraction of sp³-hybridized carbons (Fsp3) is 0.344. The van der Waals surface area contributed by atoms with Crippen molar-refractivity contribution < 1.29 is 38.1 Å². The molecule has 0 spiro atoms. The third-order valence-electron chi connectivity index (χ3n) is 10.4. The molecule has 0 unspecified atom stereocenters. The third kappa shape index (κ3) is 29.5. The fourth-order valence-corrected chi connectivity index (χ4v) is 6.62. The molecule has 0 aliphatic carbocycles.